The first-order valence-electron chi connectivity index (χ1n) is 6.81. The van der Waals surface area contributed by atoms with E-state index in [1.54, 1.807) is 0 Å². The monoisotopic (exact) mass is 360 g/mol. The number of carbonyl (C=O) groups is 1. The summed E-state index contributed by atoms with van der Waals surface area (Å²) in [5.74, 6) is -1.01. The lowest BCUT2D eigenvalue weighted by atomic mass is 9.69. The van der Waals surface area contributed by atoms with Gasteiger partial charge in [0, 0.05) is 11.6 Å². The number of carboxylic acid groups (broad SMARTS) is 1. The molecule has 1 fully saturated rings. The molecular weight excluding hydrogens is 343 g/mol. The lowest BCUT2D eigenvalue weighted by Gasteiger charge is -2.35. The number of carboxylic acids is 1. The van der Waals surface area contributed by atoms with Crippen LogP contribution in [-0.2, 0) is 10.2 Å². The summed E-state index contributed by atoms with van der Waals surface area (Å²) in [4.78, 5) is 11.9. The summed E-state index contributed by atoms with van der Waals surface area (Å²) in [5, 5.41) is 9.72. The van der Waals surface area contributed by atoms with Crippen molar-refractivity contribution in [2.75, 3.05) is 14.2 Å². The van der Waals surface area contributed by atoms with Crippen molar-refractivity contribution in [2.24, 2.45) is 0 Å². The number of aliphatic carboxylic acids is 1. The number of hydrogen-bond donors (Lipinski definition) is 1. The summed E-state index contributed by atoms with van der Waals surface area (Å²) in [6.45, 7) is 0. The lowest BCUT2D eigenvalue weighted by molar-refractivity contribution is -0.145. The third-order valence-corrected chi connectivity index (χ3v) is 4.91. The smallest absolute Gasteiger partial charge is 0.314 e. The fraction of sp³-hybridized carbons (Fsp3) is 0.533. The molecule has 0 spiro atoms. The van der Waals surface area contributed by atoms with E-state index >= 15 is 0 Å². The Hall–Kier alpha value is -1.30. The van der Waals surface area contributed by atoms with Gasteiger partial charge in [-0.3, -0.25) is 4.79 Å². The summed E-state index contributed by atoms with van der Waals surface area (Å²) in [6, 6.07) is 1.19. The van der Waals surface area contributed by atoms with Crippen molar-refractivity contribution in [2.45, 2.75) is 37.5 Å². The zero-order valence-corrected chi connectivity index (χ0v) is 13.6. The molecule has 21 heavy (non-hydrogen) atoms. The first-order chi connectivity index (χ1) is 9.97. The quantitative estimate of drug-likeness (QED) is 0.884. The topological polar surface area (TPSA) is 55.8 Å². The normalized spacial score (nSPS) is 17.3. The van der Waals surface area contributed by atoms with E-state index in [0.717, 1.165) is 19.3 Å². The molecule has 4 nitrogen and oxygen atoms in total. The molecule has 1 N–H and O–H groups in total. The van der Waals surface area contributed by atoms with Crippen molar-refractivity contribution in [3.63, 3.8) is 0 Å². The summed E-state index contributed by atoms with van der Waals surface area (Å²) >= 11 is 3.31. The molecule has 0 radical (unpaired) electrons. The van der Waals surface area contributed by atoms with Gasteiger partial charge in [-0.15, -0.1) is 0 Å². The highest BCUT2D eigenvalue weighted by atomic mass is 79.9. The number of ether oxygens (including phenoxy) is 2. The van der Waals surface area contributed by atoms with Gasteiger partial charge in [0.2, 0.25) is 0 Å². The average Bonchev–Trinajstić information content (AvgIpc) is 2.47. The van der Waals surface area contributed by atoms with Crippen LogP contribution in [0.1, 0.15) is 37.7 Å². The van der Waals surface area contributed by atoms with E-state index in [1.807, 2.05) is 0 Å². The van der Waals surface area contributed by atoms with Gasteiger partial charge >= 0.3 is 5.97 Å². The van der Waals surface area contributed by atoms with Crippen molar-refractivity contribution in [1.82, 2.24) is 0 Å². The van der Waals surface area contributed by atoms with Crippen LogP contribution in [-0.4, -0.2) is 25.3 Å². The minimum atomic E-state index is -1.21. The first kappa shape index (κ1) is 16.1. The molecule has 2 rings (SSSR count). The van der Waals surface area contributed by atoms with Gasteiger partial charge < -0.3 is 14.6 Å². The maximum absolute atomic E-state index is 14.6. The van der Waals surface area contributed by atoms with Crippen molar-refractivity contribution in [1.29, 1.82) is 0 Å². The van der Waals surface area contributed by atoms with Crippen LogP contribution in [0.15, 0.2) is 10.5 Å². The highest BCUT2D eigenvalue weighted by molar-refractivity contribution is 9.10. The van der Waals surface area contributed by atoms with Crippen LogP contribution in [0.25, 0.3) is 0 Å². The van der Waals surface area contributed by atoms with E-state index in [-0.39, 0.29) is 11.3 Å². The second kappa shape index (κ2) is 6.22. The van der Waals surface area contributed by atoms with Gasteiger partial charge in [0.15, 0.2) is 11.5 Å². The number of benzene rings is 1. The number of halogens is 2. The van der Waals surface area contributed by atoms with Crippen molar-refractivity contribution in [3.8, 4) is 11.5 Å². The maximum Gasteiger partial charge on any atom is 0.314 e. The fourth-order valence-corrected chi connectivity index (χ4v) is 4.01. The molecule has 0 aliphatic heterocycles. The molecule has 0 aromatic heterocycles. The second-order valence-electron chi connectivity index (χ2n) is 5.23. The van der Waals surface area contributed by atoms with E-state index in [9.17, 15) is 14.3 Å². The fourth-order valence-electron chi connectivity index (χ4n) is 3.09. The van der Waals surface area contributed by atoms with Crippen LogP contribution in [0.5, 0.6) is 11.5 Å². The maximum atomic E-state index is 14.6. The third-order valence-electron chi connectivity index (χ3n) is 4.16. The van der Waals surface area contributed by atoms with Gasteiger partial charge in [-0.1, -0.05) is 19.3 Å². The summed E-state index contributed by atoms with van der Waals surface area (Å²) in [5.41, 5.74) is -1.05. The molecule has 1 aromatic carbocycles. The summed E-state index contributed by atoms with van der Waals surface area (Å²) < 4.78 is 25.2. The lowest BCUT2D eigenvalue weighted by Crippen LogP contribution is -2.39. The molecule has 1 saturated carbocycles. The Bertz CT molecular complexity index is 553. The highest BCUT2D eigenvalue weighted by Gasteiger charge is 2.45. The molecule has 1 aromatic rings. The predicted molar refractivity (Wildman–Crippen MR) is 79.6 cm³/mol. The van der Waals surface area contributed by atoms with Gasteiger partial charge in [-0.05, 0) is 28.8 Å². The van der Waals surface area contributed by atoms with Crippen LogP contribution < -0.4 is 9.47 Å². The second-order valence-corrected chi connectivity index (χ2v) is 6.02. The van der Waals surface area contributed by atoms with Gasteiger partial charge in [0.05, 0.1) is 24.1 Å². The molecule has 0 unspecified atom stereocenters. The minimum Gasteiger partial charge on any atom is -0.493 e. The molecule has 0 amide bonds. The molecule has 0 heterocycles. The molecule has 116 valence electrons. The van der Waals surface area contributed by atoms with Crippen molar-refractivity contribution in [3.05, 3.63) is 21.9 Å². The van der Waals surface area contributed by atoms with E-state index in [2.05, 4.69) is 15.9 Å². The van der Waals surface area contributed by atoms with Crippen LogP contribution >= 0.6 is 15.9 Å². The minimum absolute atomic E-state index is 0.160. The molecule has 0 atom stereocenters. The predicted octanol–water partition coefficient (Wildman–Crippen LogP) is 3.89. The van der Waals surface area contributed by atoms with Crippen LogP contribution in [0.2, 0.25) is 0 Å². The molecule has 6 heteroatoms. The van der Waals surface area contributed by atoms with Gasteiger partial charge in [-0.2, -0.15) is 0 Å². The molecule has 0 bridgehead atoms. The zero-order chi connectivity index (χ0) is 15.6. The number of methoxy groups -OCH3 is 2. The van der Waals surface area contributed by atoms with Crippen LogP contribution in [0, 0.1) is 5.82 Å². The van der Waals surface area contributed by atoms with Crippen LogP contribution in [0.3, 0.4) is 0 Å². The molecule has 0 saturated heterocycles. The standard InChI is InChI=1S/C15H18BrFO4/c1-20-10-8-9(17)11(12(16)13(10)21-2)15(14(18)19)6-4-3-5-7-15/h8H,3-7H2,1-2H3,(H,18,19). The Morgan fingerprint density at radius 2 is 1.90 bits per heavy atom. The third kappa shape index (κ3) is 2.61. The number of rotatable bonds is 4. The SMILES string of the molecule is COc1cc(F)c(C2(C(=O)O)CCCCC2)c(Br)c1OC. The van der Waals surface area contributed by atoms with E-state index in [1.165, 1.54) is 20.3 Å². The highest BCUT2D eigenvalue weighted by Crippen LogP contribution is 2.49. The average molecular weight is 361 g/mol. The molecule has 1 aliphatic rings. The Labute approximate surface area is 131 Å². The van der Waals surface area contributed by atoms with Gasteiger partial charge in [0.1, 0.15) is 5.82 Å². The Balaban J connectivity index is 2.69. The van der Waals surface area contributed by atoms with Crippen LogP contribution in [0.4, 0.5) is 4.39 Å². The Morgan fingerprint density at radius 3 is 2.38 bits per heavy atom. The van der Waals surface area contributed by atoms with E-state index < -0.39 is 17.2 Å². The first-order valence-corrected chi connectivity index (χ1v) is 7.61. The van der Waals surface area contributed by atoms with E-state index in [4.69, 9.17) is 9.47 Å². The van der Waals surface area contributed by atoms with Crippen molar-refractivity contribution >= 4 is 21.9 Å². The van der Waals surface area contributed by atoms with E-state index in [0.29, 0.717) is 23.1 Å². The largest absolute Gasteiger partial charge is 0.493 e. The molecule has 1 aliphatic carbocycles. The summed E-state index contributed by atoms with van der Waals surface area (Å²) in [7, 11) is 2.86. The van der Waals surface area contributed by atoms with Gasteiger partial charge in [-0.25, -0.2) is 4.39 Å². The van der Waals surface area contributed by atoms with Crippen molar-refractivity contribution < 1.29 is 23.8 Å². The zero-order valence-electron chi connectivity index (χ0n) is 12.0. The molecular formula is C15H18BrFO4. The Kier molecular flexibility index (Phi) is 4.76. The Morgan fingerprint density at radius 1 is 1.29 bits per heavy atom. The summed E-state index contributed by atoms with van der Waals surface area (Å²) in [6.07, 6.45) is 3.36. The van der Waals surface area contributed by atoms with Gasteiger partial charge in [0.25, 0.3) is 0 Å². The number of hydrogen-bond acceptors (Lipinski definition) is 3.